The maximum atomic E-state index is 14.5. The number of nitrogens with zero attached hydrogens (tertiary/aromatic N) is 4. The molecule has 224 valence electrons. The molecule has 3 aliphatic heterocycles. The molecule has 9 nitrogen and oxygen atoms in total. The normalized spacial score (nSPS) is 28.0. The van der Waals surface area contributed by atoms with Crippen LogP contribution in [0, 0.1) is 11.8 Å². The zero-order chi connectivity index (χ0) is 29.9. The van der Waals surface area contributed by atoms with Gasteiger partial charge in [-0.25, -0.2) is 0 Å². The molecule has 1 spiro atoms. The third-order valence-corrected chi connectivity index (χ3v) is 9.14. The lowest BCUT2D eigenvalue weighted by Gasteiger charge is -2.37. The predicted molar refractivity (Wildman–Crippen MR) is 161 cm³/mol. The Labute approximate surface area is 244 Å². The van der Waals surface area contributed by atoms with Crippen molar-refractivity contribution in [2.24, 2.45) is 11.8 Å². The summed E-state index contributed by atoms with van der Waals surface area (Å²) in [4.78, 5) is 49.7. The molecule has 1 aromatic rings. The van der Waals surface area contributed by atoms with E-state index >= 15 is 0 Å². The summed E-state index contributed by atoms with van der Waals surface area (Å²) in [6, 6.07) is 6.85. The van der Waals surface area contributed by atoms with Gasteiger partial charge in [-0.15, -0.1) is 13.2 Å². The molecule has 0 aliphatic carbocycles. The Kier molecular flexibility index (Phi) is 9.29. The van der Waals surface area contributed by atoms with Gasteiger partial charge in [0.05, 0.1) is 24.0 Å². The summed E-state index contributed by atoms with van der Waals surface area (Å²) in [6.07, 6.45) is 5.18. The van der Waals surface area contributed by atoms with Crippen molar-refractivity contribution in [1.82, 2.24) is 9.80 Å². The second kappa shape index (κ2) is 12.4. The van der Waals surface area contributed by atoms with Crippen LogP contribution in [0.5, 0.6) is 0 Å². The van der Waals surface area contributed by atoms with Gasteiger partial charge in [-0.1, -0.05) is 19.1 Å². The van der Waals surface area contributed by atoms with Crippen molar-refractivity contribution in [2.75, 3.05) is 55.7 Å². The van der Waals surface area contributed by atoms with Crippen molar-refractivity contribution in [2.45, 2.75) is 64.2 Å². The molecule has 9 heteroatoms. The molecule has 0 aromatic heterocycles. The second-order valence-electron chi connectivity index (χ2n) is 11.5. The number of aliphatic hydroxyl groups is 1. The molecule has 0 saturated carbocycles. The van der Waals surface area contributed by atoms with Crippen molar-refractivity contribution >= 4 is 29.1 Å². The Hall–Kier alpha value is -3.17. The summed E-state index contributed by atoms with van der Waals surface area (Å²) in [7, 11) is 0. The third-order valence-electron chi connectivity index (χ3n) is 9.14. The fourth-order valence-corrected chi connectivity index (χ4v) is 7.37. The molecule has 4 rings (SSSR count). The number of carbonyl (C=O) groups excluding carboxylic acids is 3. The average molecular weight is 567 g/mol. The van der Waals surface area contributed by atoms with Gasteiger partial charge in [0.25, 0.3) is 5.91 Å². The fourth-order valence-electron chi connectivity index (χ4n) is 7.37. The summed E-state index contributed by atoms with van der Waals surface area (Å²) in [5.74, 6) is -2.24. The molecule has 5 atom stereocenters. The highest BCUT2D eigenvalue weighted by Gasteiger charge is 2.78. The molecule has 2 unspecified atom stereocenters. The van der Waals surface area contributed by atoms with Gasteiger partial charge >= 0.3 is 0 Å². The fraction of sp³-hybridized carbons (Fsp3) is 0.594. The topological polar surface area (TPSA) is 93.6 Å². The molecule has 3 amide bonds. The first-order valence-electron chi connectivity index (χ1n) is 15.0. The van der Waals surface area contributed by atoms with Crippen LogP contribution in [0.15, 0.2) is 49.6 Å². The molecule has 0 radical (unpaired) electrons. The van der Waals surface area contributed by atoms with E-state index in [0.717, 1.165) is 25.2 Å². The molecular weight excluding hydrogens is 520 g/mol. The lowest BCUT2D eigenvalue weighted by Crippen LogP contribution is -2.57. The quantitative estimate of drug-likeness (QED) is 0.348. The number of hydrogen-bond acceptors (Lipinski definition) is 6. The molecule has 2 bridgehead atoms. The van der Waals surface area contributed by atoms with Gasteiger partial charge in [0.15, 0.2) is 0 Å². The number of amides is 3. The highest BCUT2D eigenvalue weighted by Crippen LogP contribution is 2.63. The van der Waals surface area contributed by atoms with E-state index in [4.69, 9.17) is 4.74 Å². The van der Waals surface area contributed by atoms with E-state index in [1.54, 1.807) is 22.0 Å². The number of likely N-dealkylation sites (tertiary alicyclic amines) is 1. The molecule has 3 heterocycles. The average Bonchev–Trinajstić information content (AvgIpc) is 3.53. The van der Waals surface area contributed by atoms with Gasteiger partial charge in [0, 0.05) is 50.6 Å². The number of rotatable bonds is 14. The highest BCUT2D eigenvalue weighted by molar-refractivity contribution is 6.05. The van der Waals surface area contributed by atoms with Crippen LogP contribution in [0.25, 0.3) is 0 Å². The summed E-state index contributed by atoms with van der Waals surface area (Å²) in [6.45, 7) is 18.4. The van der Waals surface area contributed by atoms with E-state index in [1.807, 2.05) is 38.1 Å². The van der Waals surface area contributed by atoms with Crippen LogP contribution in [-0.4, -0.2) is 95.7 Å². The van der Waals surface area contributed by atoms with Crippen LogP contribution in [0.1, 0.15) is 47.0 Å². The first-order chi connectivity index (χ1) is 19.7. The number of β-amino-alcohol motifs (C(OH)–C–C–N with tert-alkyl or cyclic N) is 1. The van der Waals surface area contributed by atoms with Gasteiger partial charge in [-0.3, -0.25) is 14.4 Å². The largest absolute Gasteiger partial charge is 0.395 e. The van der Waals surface area contributed by atoms with E-state index < -0.39 is 29.1 Å². The van der Waals surface area contributed by atoms with Gasteiger partial charge in [-0.2, -0.15) is 0 Å². The smallest absolute Gasteiger partial charge is 0.253 e. The van der Waals surface area contributed by atoms with E-state index in [0.29, 0.717) is 31.6 Å². The van der Waals surface area contributed by atoms with Crippen LogP contribution in [0.4, 0.5) is 11.4 Å². The van der Waals surface area contributed by atoms with Gasteiger partial charge < -0.3 is 29.4 Å². The lowest BCUT2D eigenvalue weighted by molar-refractivity contribution is -0.149. The van der Waals surface area contributed by atoms with Crippen molar-refractivity contribution in [1.29, 1.82) is 0 Å². The number of carbonyl (C=O) groups is 3. The Morgan fingerprint density at radius 3 is 2.24 bits per heavy atom. The first-order valence-corrected chi connectivity index (χ1v) is 15.0. The first kappa shape index (κ1) is 30.8. The minimum Gasteiger partial charge on any atom is -0.395 e. The minimum absolute atomic E-state index is 0.0113. The van der Waals surface area contributed by atoms with Crippen LogP contribution >= 0.6 is 0 Å². The van der Waals surface area contributed by atoms with Crippen LogP contribution < -0.4 is 9.80 Å². The number of ether oxygens (including phenoxy) is 1. The third kappa shape index (κ3) is 5.07. The monoisotopic (exact) mass is 566 g/mol. The molecule has 3 aliphatic rings. The highest BCUT2D eigenvalue weighted by atomic mass is 16.5. The molecule has 3 saturated heterocycles. The van der Waals surface area contributed by atoms with Crippen LogP contribution in [0.2, 0.25) is 0 Å². The van der Waals surface area contributed by atoms with E-state index in [-0.39, 0.29) is 37.4 Å². The minimum atomic E-state index is -1.15. The molecular formula is C32H46N4O5. The van der Waals surface area contributed by atoms with Gasteiger partial charge in [0.2, 0.25) is 11.8 Å². The Bertz CT molecular complexity index is 1150. The molecule has 1 N–H and O–H groups in total. The zero-order valence-electron chi connectivity index (χ0n) is 25.1. The van der Waals surface area contributed by atoms with Crippen molar-refractivity contribution in [3.63, 3.8) is 0 Å². The van der Waals surface area contributed by atoms with E-state index in [2.05, 4.69) is 31.9 Å². The predicted octanol–water partition coefficient (Wildman–Crippen LogP) is 3.23. The number of benzene rings is 1. The summed E-state index contributed by atoms with van der Waals surface area (Å²) in [5.41, 5.74) is -0.258. The Balaban J connectivity index is 1.74. The Morgan fingerprint density at radius 2 is 1.68 bits per heavy atom. The molecule has 1 aromatic carbocycles. The van der Waals surface area contributed by atoms with Crippen LogP contribution in [0.3, 0.4) is 0 Å². The summed E-state index contributed by atoms with van der Waals surface area (Å²) < 4.78 is 6.74. The standard InChI is InChI=1S/C32H46N4O5/c1-7-18-34(19-8-2)28(38)25-26-29(39)36(21-22-37)27(32(26)17-16-31(25,6)41-32)30(40)35(20-9-3)24-14-12-23(13-15-24)33(10-4)11-5/h7,9,12-15,25-27,37H,1,3,8,10-11,16-22H2,2,4-6H3/t25-,26-,27?,31+,32?/m0/s1. The second-order valence-corrected chi connectivity index (χ2v) is 11.5. The van der Waals surface area contributed by atoms with Gasteiger partial charge in [-0.05, 0) is 64.3 Å². The zero-order valence-corrected chi connectivity index (χ0v) is 25.1. The maximum Gasteiger partial charge on any atom is 0.253 e. The maximum absolute atomic E-state index is 14.5. The van der Waals surface area contributed by atoms with E-state index in [9.17, 15) is 19.5 Å². The summed E-state index contributed by atoms with van der Waals surface area (Å²) >= 11 is 0. The van der Waals surface area contributed by atoms with Gasteiger partial charge in [0.1, 0.15) is 11.6 Å². The van der Waals surface area contributed by atoms with Crippen molar-refractivity contribution < 1.29 is 24.2 Å². The van der Waals surface area contributed by atoms with E-state index in [1.165, 1.54) is 4.90 Å². The number of fused-ring (bicyclic) bond motifs is 1. The van der Waals surface area contributed by atoms with Crippen molar-refractivity contribution in [3.05, 3.63) is 49.6 Å². The lowest BCUT2D eigenvalue weighted by atomic mass is 9.66. The summed E-state index contributed by atoms with van der Waals surface area (Å²) in [5, 5.41) is 9.95. The Morgan fingerprint density at radius 1 is 1.05 bits per heavy atom. The van der Waals surface area contributed by atoms with Crippen molar-refractivity contribution in [3.8, 4) is 0 Å². The number of hydrogen-bond donors (Lipinski definition) is 1. The molecule has 41 heavy (non-hydrogen) atoms. The molecule has 3 fully saturated rings. The van der Waals surface area contributed by atoms with Crippen LogP contribution in [-0.2, 0) is 19.1 Å². The SMILES string of the molecule is C=CCN(CCC)C(=O)[C@@H]1[C@H]2C(=O)N(CCO)C(C(=O)N(CC=C)c3ccc(N(CC)CC)cc3)C23CC[C@@]1(C)O3. The number of anilines is 2. The number of aliphatic hydroxyl groups excluding tert-OH is 1.